The van der Waals surface area contributed by atoms with Crippen LogP contribution >= 0.6 is 0 Å². The Kier molecular flexibility index (Phi) is 3.28. The van der Waals surface area contributed by atoms with E-state index in [1.54, 1.807) is 14.2 Å². The van der Waals surface area contributed by atoms with Gasteiger partial charge in [-0.25, -0.2) is 0 Å². The van der Waals surface area contributed by atoms with E-state index >= 15 is 0 Å². The fourth-order valence-electron chi connectivity index (χ4n) is 4.17. The minimum atomic E-state index is 0.842. The van der Waals surface area contributed by atoms with Gasteiger partial charge in [0.05, 0.1) is 29.6 Å². The van der Waals surface area contributed by atoms with Crippen molar-refractivity contribution in [2.45, 2.75) is 13.8 Å². The van der Waals surface area contributed by atoms with Gasteiger partial charge in [0.25, 0.3) is 0 Å². The molecule has 5 nitrogen and oxygen atoms in total. The van der Waals surface area contributed by atoms with Gasteiger partial charge in [0.2, 0.25) is 0 Å². The maximum absolute atomic E-state index is 5.80. The molecule has 1 aromatic heterocycles. The van der Waals surface area contributed by atoms with Crippen molar-refractivity contribution in [3.8, 4) is 16.9 Å². The van der Waals surface area contributed by atoms with Crippen LogP contribution in [-0.2, 0) is 0 Å². The first-order chi connectivity index (χ1) is 13.2. The second kappa shape index (κ2) is 5.58. The summed E-state index contributed by atoms with van der Waals surface area (Å²) in [5, 5.41) is 2.39. The number of hydrogen-bond donors (Lipinski definition) is 2. The molecule has 0 saturated carbocycles. The average Bonchev–Trinajstić information content (AvgIpc) is 3.04. The Hall–Kier alpha value is -3.34. The lowest BCUT2D eigenvalue weighted by Crippen LogP contribution is -2.17. The minimum Gasteiger partial charge on any atom is -0.496 e. The summed E-state index contributed by atoms with van der Waals surface area (Å²) in [6, 6.07) is 14.6. The van der Waals surface area contributed by atoms with Gasteiger partial charge >= 0.3 is 0 Å². The molecule has 3 aromatic carbocycles. The van der Waals surface area contributed by atoms with E-state index in [-0.39, 0.29) is 0 Å². The third-order valence-electron chi connectivity index (χ3n) is 5.60. The van der Waals surface area contributed by atoms with Crippen molar-refractivity contribution in [3.05, 3.63) is 53.6 Å². The molecular weight excluding hydrogens is 338 g/mol. The number of ether oxygens (including phenoxy) is 1. The molecule has 0 saturated heterocycles. The third kappa shape index (κ3) is 1.99. The van der Waals surface area contributed by atoms with Gasteiger partial charge in [-0.05, 0) is 43.2 Å². The summed E-state index contributed by atoms with van der Waals surface area (Å²) in [6.07, 6.45) is 0. The molecule has 0 fully saturated rings. The van der Waals surface area contributed by atoms with Crippen LogP contribution in [0.4, 0.5) is 11.4 Å². The average molecular weight is 359 g/mol. The number of benzene rings is 3. The van der Waals surface area contributed by atoms with Crippen molar-refractivity contribution >= 4 is 33.2 Å². The summed E-state index contributed by atoms with van der Waals surface area (Å²) in [5.41, 5.74) is 15.4. The smallest absolute Gasteiger partial charge is 0.128 e. The van der Waals surface area contributed by atoms with Crippen LogP contribution in [0.15, 0.2) is 42.5 Å². The topological polar surface area (TPSA) is 47.5 Å². The monoisotopic (exact) mass is 359 g/mol. The van der Waals surface area contributed by atoms with Gasteiger partial charge in [-0.1, -0.05) is 24.3 Å². The molecule has 5 heteroatoms. The van der Waals surface area contributed by atoms with E-state index in [0.717, 1.165) is 39.3 Å². The Bertz CT molecular complexity index is 1210. The van der Waals surface area contributed by atoms with E-state index in [0.29, 0.717) is 0 Å². The first-order valence-electron chi connectivity index (χ1n) is 8.97. The SMILES string of the molecule is COc1cccc2c1-c1ccc3c4c(C)c(C)ccc4n(OC)c3c1NN2. The van der Waals surface area contributed by atoms with Crippen molar-refractivity contribution in [2.24, 2.45) is 0 Å². The van der Waals surface area contributed by atoms with Gasteiger partial charge in [0, 0.05) is 16.3 Å². The molecule has 0 atom stereocenters. The second-order valence-corrected chi connectivity index (χ2v) is 6.90. The Morgan fingerprint density at radius 2 is 1.78 bits per heavy atom. The summed E-state index contributed by atoms with van der Waals surface area (Å²) in [4.78, 5) is 5.80. The lowest BCUT2D eigenvalue weighted by Gasteiger charge is -2.25. The number of hydrazine groups is 1. The van der Waals surface area contributed by atoms with Crippen LogP contribution in [0.2, 0.25) is 0 Å². The number of aromatic nitrogens is 1. The Balaban J connectivity index is 1.95. The number of methoxy groups -OCH3 is 1. The number of aryl methyl sites for hydroxylation is 2. The van der Waals surface area contributed by atoms with E-state index in [4.69, 9.17) is 9.57 Å². The maximum atomic E-state index is 5.80. The Labute approximate surface area is 157 Å². The molecule has 0 amide bonds. The molecule has 0 radical (unpaired) electrons. The molecular formula is C22H21N3O2. The summed E-state index contributed by atoms with van der Waals surface area (Å²) in [6.45, 7) is 4.31. The first-order valence-corrected chi connectivity index (χ1v) is 8.97. The van der Waals surface area contributed by atoms with Crippen molar-refractivity contribution < 1.29 is 9.57 Å². The van der Waals surface area contributed by atoms with E-state index in [2.05, 4.69) is 49.0 Å². The molecule has 136 valence electrons. The number of nitrogens with one attached hydrogen (secondary N) is 2. The second-order valence-electron chi connectivity index (χ2n) is 6.90. The number of nitrogens with zero attached hydrogens (tertiary/aromatic N) is 1. The number of anilines is 2. The molecule has 27 heavy (non-hydrogen) atoms. The van der Waals surface area contributed by atoms with Gasteiger partial charge in [0.15, 0.2) is 0 Å². The van der Waals surface area contributed by atoms with Crippen LogP contribution in [0.5, 0.6) is 5.75 Å². The van der Waals surface area contributed by atoms with Crippen molar-refractivity contribution in [1.82, 2.24) is 4.73 Å². The fraction of sp³-hybridized carbons (Fsp3) is 0.182. The lowest BCUT2D eigenvalue weighted by atomic mass is 9.96. The molecule has 2 heterocycles. The van der Waals surface area contributed by atoms with E-state index in [1.165, 1.54) is 21.9 Å². The Morgan fingerprint density at radius 3 is 2.56 bits per heavy atom. The fourth-order valence-corrected chi connectivity index (χ4v) is 4.17. The highest BCUT2D eigenvalue weighted by atomic mass is 16.6. The van der Waals surface area contributed by atoms with Crippen LogP contribution in [-0.4, -0.2) is 19.0 Å². The molecule has 2 N–H and O–H groups in total. The lowest BCUT2D eigenvalue weighted by molar-refractivity contribution is 0.190. The third-order valence-corrected chi connectivity index (χ3v) is 5.60. The zero-order valence-electron chi connectivity index (χ0n) is 15.8. The van der Waals surface area contributed by atoms with Gasteiger partial charge in [-0.15, -0.1) is 0 Å². The van der Waals surface area contributed by atoms with Gasteiger partial charge in [0.1, 0.15) is 18.4 Å². The van der Waals surface area contributed by atoms with Crippen LogP contribution in [0.1, 0.15) is 11.1 Å². The molecule has 0 aliphatic carbocycles. The van der Waals surface area contributed by atoms with Crippen LogP contribution in [0.3, 0.4) is 0 Å². The minimum absolute atomic E-state index is 0.842. The van der Waals surface area contributed by atoms with E-state index in [1.807, 2.05) is 22.9 Å². The van der Waals surface area contributed by atoms with Crippen LogP contribution < -0.4 is 20.4 Å². The number of rotatable bonds is 2. The number of hydrogen-bond acceptors (Lipinski definition) is 4. The van der Waals surface area contributed by atoms with E-state index in [9.17, 15) is 0 Å². The molecule has 1 aliphatic heterocycles. The quantitative estimate of drug-likeness (QED) is 0.534. The maximum Gasteiger partial charge on any atom is 0.128 e. The zero-order chi connectivity index (χ0) is 18.7. The van der Waals surface area contributed by atoms with Crippen molar-refractivity contribution in [1.29, 1.82) is 0 Å². The highest BCUT2D eigenvalue weighted by Gasteiger charge is 2.25. The summed E-state index contributed by atoms with van der Waals surface area (Å²) in [5.74, 6) is 0.842. The van der Waals surface area contributed by atoms with Crippen LogP contribution in [0, 0.1) is 13.8 Å². The molecule has 1 aliphatic rings. The largest absolute Gasteiger partial charge is 0.496 e. The predicted molar refractivity (Wildman–Crippen MR) is 111 cm³/mol. The van der Waals surface area contributed by atoms with Gasteiger partial charge in [-0.3, -0.25) is 5.43 Å². The molecule has 0 unspecified atom stereocenters. The van der Waals surface area contributed by atoms with Gasteiger partial charge in [-0.2, -0.15) is 4.73 Å². The highest BCUT2D eigenvalue weighted by molar-refractivity contribution is 6.17. The first kappa shape index (κ1) is 15.9. The van der Waals surface area contributed by atoms with Crippen molar-refractivity contribution in [2.75, 3.05) is 25.1 Å². The normalized spacial score (nSPS) is 12.3. The summed E-state index contributed by atoms with van der Waals surface area (Å²) >= 11 is 0. The van der Waals surface area contributed by atoms with Crippen LogP contribution in [0.25, 0.3) is 32.9 Å². The summed E-state index contributed by atoms with van der Waals surface area (Å²) in [7, 11) is 3.41. The molecule has 5 rings (SSSR count). The number of fused-ring (bicyclic) bond motifs is 7. The highest BCUT2D eigenvalue weighted by Crippen LogP contribution is 2.47. The Morgan fingerprint density at radius 1 is 0.926 bits per heavy atom. The standard InChI is InChI=1S/C22H21N3O2/c1-12-8-11-17-19(13(12)2)15-10-9-14-20-16(6-5-7-18(20)26-3)23-24-21(14)22(15)25(17)27-4/h5-11,23-24H,1-4H3. The zero-order valence-corrected chi connectivity index (χ0v) is 15.8. The molecule has 0 spiro atoms. The molecule has 0 bridgehead atoms. The summed E-state index contributed by atoms with van der Waals surface area (Å²) < 4.78 is 7.53. The molecule has 4 aromatic rings. The van der Waals surface area contributed by atoms with Crippen molar-refractivity contribution in [3.63, 3.8) is 0 Å². The predicted octanol–water partition coefficient (Wildman–Crippen LogP) is 4.90. The van der Waals surface area contributed by atoms with E-state index < -0.39 is 0 Å². The van der Waals surface area contributed by atoms with Gasteiger partial charge < -0.3 is 15.0 Å².